The number of hydrogen-bond acceptors (Lipinski definition) is 3. The van der Waals surface area contributed by atoms with E-state index in [0.29, 0.717) is 11.3 Å². The number of fused-ring (bicyclic) bond motifs is 1. The highest BCUT2D eigenvalue weighted by molar-refractivity contribution is 6.00. The summed E-state index contributed by atoms with van der Waals surface area (Å²) in [5.74, 6) is -0.111. The van der Waals surface area contributed by atoms with Crippen molar-refractivity contribution >= 4 is 28.3 Å². The second-order valence-electron chi connectivity index (χ2n) is 5.12. The molecular formula is C18H15NO3. The summed E-state index contributed by atoms with van der Waals surface area (Å²) < 4.78 is 5.26. The third-order valence-electron chi connectivity index (χ3n) is 3.52. The summed E-state index contributed by atoms with van der Waals surface area (Å²) in [4.78, 5) is 25.2. The molecule has 1 heterocycles. The van der Waals surface area contributed by atoms with Gasteiger partial charge in [0.25, 0.3) is 0 Å². The molecule has 3 aromatic rings. The summed E-state index contributed by atoms with van der Waals surface area (Å²) in [5, 5.41) is 0.861. The maximum atomic E-state index is 12.0. The molecule has 0 fully saturated rings. The van der Waals surface area contributed by atoms with Crippen molar-refractivity contribution in [1.29, 1.82) is 0 Å². The molecule has 4 heteroatoms. The minimum absolute atomic E-state index is 0.111. The lowest BCUT2D eigenvalue weighted by Gasteiger charge is -2.21. The fourth-order valence-electron chi connectivity index (χ4n) is 2.54. The molecule has 0 saturated heterocycles. The van der Waals surface area contributed by atoms with Crippen LogP contribution >= 0.6 is 0 Å². The van der Waals surface area contributed by atoms with Crippen LogP contribution < -0.4 is 10.5 Å². The van der Waals surface area contributed by atoms with E-state index in [1.54, 1.807) is 11.0 Å². The van der Waals surface area contributed by atoms with Gasteiger partial charge in [0.15, 0.2) is 0 Å². The summed E-state index contributed by atoms with van der Waals surface area (Å²) in [7, 11) is 0. The monoisotopic (exact) mass is 293 g/mol. The number of carbonyl (C=O) groups excluding carboxylic acids is 1. The predicted molar refractivity (Wildman–Crippen MR) is 86.5 cm³/mol. The highest BCUT2D eigenvalue weighted by Gasteiger charge is 2.15. The molecule has 0 N–H and O–H groups in total. The number of amides is 1. The van der Waals surface area contributed by atoms with Gasteiger partial charge in [-0.1, -0.05) is 18.2 Å². The largest absolute Gasteiger partial charge is 0.423 e. The smallest absolute Gasteiger partial charge is 0.336 e. The van der Waals surface area contributed by atoms with Gasteiger partial charge in [-0.3, -0.25) is 9.69 Å². The van der Waals surface area contributed by atoms with E-state index < -0.39 is 5.63 Å². The minimum atomic E-state index is -0.392. The average molecular weight is 293 g/mol. The van der Waals surface area contributed by atoms with Crippen molar-refractivity contribution in [1.82, 2.24) is 0 Å². The second kappa shape index (κ2) is 5.48. The van der Waals surface area contributed by atoms with Crippen molar-refractivity contribution in [3.8, 4) is 0 Å². The third kappa shape index (κ3) is 2.51. The van der Waals surface area contributed by atoms with E-state index in [-0.39, 0.29) is 5.91 Å². The zero-order valence-electron chi connectivity index (χ0n) is 12.4. The van der Waals surface area contributed by atoms with Gasteiger partial charge in [0.1, 0.15) is 5.58 Å². The van der Waals surface area contributed by atoms with Crippen molar-refractivity contribution in [3.05, 3.63) is 70.6 Å². The number of aryl methyl sites for hydroxylation is 1. The van der Waals surface area contributed by atoms with Crippen LogP contribution in [0.5, 0.6) is 0 Å². The van der Waals surface area contributed by atoms with Crippen LogP contribution in [-0.4, -0.2) is 5.91 Å². The van der Waals surface area contributed by atoms with Crippen molar-refractivity contribution < 1.29 is 9.21 Å². The lowest BCUT2D eigenvalue weighted by atomic mass is 10.1. The molecule has 1 amide bonds. The van der Waals surface area contributed by atoms with Crippen molar-refractivity contribution in [2.75, 3.05) is 4.90 Å². The highest BCUT2D eigenvalue weighted by Crippen LogP contribution is 2.29. The Morgan fingerprint density at radius 3 is 2.41 bits per heavy atom. The molecule has 0 bridgehead atoms. The fraction of sp³-hybridized carbons (Fsp3) is 0.111. The van der Waals surface area contributed by atoms with E-state index in [1.807, 2.05) is 49.4 Å². The van der Waals surface area contributed by atoms with E-state index in [9.17, 15) is 9.59 Å². The van der Waals surface area contributed by atoms with Crippen molar-refractivity contribution in [3.63, 3.8) is 0 Å². The Bertz CT molecular complexity index is 897. The Morgan fingerprint density at radius 2 is 1.73 bits per heavy atom. The van der Waals surface area contributed by atoms with Crippen LogP contribution in [0, 0.1) is 6.92 Å². The summed E-state index contributed by atoms with van der Waals surface area (Å²) in [6.45, 7) is 3.36. The normalized spacial score (nSPS) is 10.6. The molecule has 0 aliphatic carbocycles. The van der Waals surface area contributed by atoms with E-state index in [0.717, 1.165) is 16.6 Å². The topological polar surface area (TPSA) is 50.5 Å². The lowest BCUT2D eigenvalue weighted by molar-refractivity contribution is -0.115. The van der Waals surface area contributed by atoms with Gasteiger partial charge in [-0.05, 0) is 36.8 Å². The van der Waals surface area contributed by atoms with Gasteiger partial charge in [0.2, 0.25) is 5.91 Å². The highest BCUT2D eigenvalue weighted by atomic mass is 16.4. The van der Waals surface area contributed by atoms with Gasteiger partial charge < -0.3 is 4.42 Å². The molecular weight excluding hydrogens is 278 g/mol. The Kier molecular flexibility index (Phi) is 3.51. The number of nitrogens with zero attached hydrogens (tertiary/aromatic N) is 1. The van der Waals surface area contributed by atoms with Crippen LogP contribution in [0.3, 0.4) is 0 Å². The molecule has 1 aromatic heterocycles. The number of carbonyl (C=O) groups is 1. The quantitative estimate of drug-likeness (QED) is 0.675. The summed E-state index contributed by atoms with van der Waals surface area (Å²) in [6.07, 6.45) is 0. The number of anilines is 2. The summed E-state index contributed by atoms with van der Waals surface area (Å²) in [5.41, 5.74) is 2.37. The Hall–Kier alpha value is -2.88. The van der Waals surface area contributed by atoms with Gasteiger partial charge in [-0.15, -0.1) is 0 Å². The first-order valence-corrected chi connectivity index (χ1v) is 6.96. The first-order chi connectivity index (χ1) is 10.6. The number of benzene rings is 2. The Labute approximate surface area is 127 Å². The molecule has 2 aromatic carbocycles. The maximum Gasteiger partial charge on any atom is 0.336 e. The average Bonchev–Trinajstić information content (AvgIpc) is 2.47. The number of para-hydroxylation sites is 1. The predicted octanol–water partition coefficient (Wildman–Crippen LogP) is 3.79. The van der Waals surface area contributed by atoms with Gasteiger partial charge >= 0.3 is 5.63 Å². The van der Waals surface area contributed by atoms with Crippen molar-refractivity contribution in [2.24, 2.45) is 0 Å². The number of hydrogen-bond donors (Lipinski definition) is 0. The van der Waals surface area contributed by atoms with Crippen LogP contribution in [0.1, 0.15) is 12.5 Å². The molecule has 22 heavy (non-hydrogen) atoms. The Morgan fingerprint density at radius 1 is 1.00 bits per heavy atom. The van der Waals surface area contributed by atoms with Gasteiger partial charge in [0, 0.05) is 30.1 Å². The molecule has 0 aliphatic rings. The van der Waals surface area contributed by atoms with E-state index in [4.69, 9.17) is 4.42 Å². The first kappa shape index (κ1) is 14.1. The molecule has 0 spiro atoms. The van der Waals surface area contributed by atoms with Crippen LogP contribution in [0.25, 0.3) is 11.0 Å². The van der Waals surface area contributed by atoms with E-state index in [1.165, 1.54) is 13.0 Å². The Balaban J connectivity index is 2.19. The van der Waals surface area contributed by atoms with E-state index >= 15 is 0 Å². The van der Waals surface area contributed by atoms with E-state index in [2.05, 4.69) is 0 Å². The molecule has 0 saturated carbocycles. The lowest BCUT2D eigenvalue weighted by Crippen LogP contribution is -2.22. The van der Waals surface area contributed by atoms with Gasteiger partial charge in [-0.2, -0.15) is 0 Å². The summed E-state index contributed by atoms with van der Waals surface area (Å²) in [6, 6.07) is 16.2. The molecule has 4 nitrogen and oxygen atoms in total. The molecule has 0 aliphatic heterocycles. The molecule has 0 unspecified atom stereocenters. The van der Waals surface area contributed by atoms with Crippen LogP contribution in [0.15, 0.2) is 63.8 Å². The second-order valence-corrected chi connectivity index (χ2v) is 5.12. The van der Waals surface area contributed by atoms with Gasteiger partial charge in [-0.25, -0.2) is 4.79 Å². The summed E-state index contributed by atoms with van der Waals surface area (Å²) >= 11 is 0. The molecule has 3 rings (SSSR count). The van der Waals surface area contributed by atoms with Crippen LogP contribution in [0.2, 0.25) is 0 Å². The standard InChI is InChI=1S/C18H15NO3/c1-12-10-18(21)22-17-11-15(8-9-16(12)17)19(13(2)20)14-6-4-3-5-7-14/h3-11H,1-2H3. The number of rotatable bonds is 2. The molecule has 110 valence electrons. The first-order valence-electron chi connectivity index (χ1n) is 6.96. The SMILES string of the molecule is CC(=O)N(c1ccccc1)c1ccc2c(C)cc(=O)oc2c1. The third-order valence-corrected chi connectivity index (χ3v) is 3.52. The zero-order valence-corrected chi connectivity index (χ0v) is 12.4. The zero-order chi connectivity index (χ0) is 15.7. The van der Waals surface area contributed by atoms with Crippen LogP contribution in [-0.2, 0) is 4.79 Å². The minimum Gasteiger partial charge on any atom is -0.423 e. The van der Waals surface area contributed by atoms with Crippen LogP contribution in [0.4, 0.5) is 11.4 Å². The molecule has 0 atom stereocenters. The molecule has 0 radical (unpaired) electrons. The maximum absolute atomic E-state index is 12.0. The fourth-order valence-corrected chi connectivity index (χ4v) is 2.54. The van der Waals surface area contributed by atoms with Crippen molar-refractivity contribution in [2.45, 2.75) is 13.8 Å². The van der Waals surface area contributed by atoms with Gasteiger partial charge in [0.05, 0.1) is 5.69 Å².